The summed E-state index contributed by atoms with van der Waals surface area (Å²) in [6, 6.07) is 8.64. The normalized spacial score (nSPS) is 11.9. The number of rotatable bonds is 5. The molecule has 5 aromatic heterocycles. The molecule has 0 aliphatic heterocycles. The lowest BCUT2D eigenvalue weighted by Gasteiger charge is -2.12. The molecule has 6 rings (SSSR count). The van der Waals surface area contributed by atoms with Crippen molar-refractivity contribution in [3.63, 3.8) is 0 Å². The fraction of sp³-hybridized carbons (Fsp3) is 0.111. The van der Waals surface area contributed by atoms with Crippen molar-refractivity contribution in [2.75, 3.05) is 5.32 Å². The van der Waals surface area contributed by atoms with Gasteiger partial charge in [-0.2, -0.15) is 23.4 Å². The summed E-state index contributed by atoms with van der Waals surface area (Å²) in [5, 5.41) is 11.3. The number of nitrogens with zero attached hydrogens (tertiary/aromatic N) is 6. The highest BCUT2D eigenvalue weighted by Gasteiger charge is 2.35. The number of anilines is 1. The van der Waals surface area contributed by atoms with E-state index < -0.39 is 29.5 Å². The van der Waals surface area contributed by atoms with E-state index in [1.54, 1.807) is 30.2 Å². The molecule has 0 spiro atoms. The molecule has 0 radical (unpaired) electrons. The van der Waals surface area contributed by atoms with Crippen LogP contribution in [0.1, 0.15) is 31.5 Å². The van der Waals surface area contributed by atoms with Crippen LogP contribution in [-0.4, -0.2) is 41.2 Å². The van der Waals surface area contributed by atoms with Gasteiger partial charge in [-0.15, -0.1) is 11.3 Å². The second kappa shape index (κ2) is 9.73. The quantitative estimate of drug-likeness (QED) is 0.263. The number of benzene rings is 1. The minimum Gasteiger partial charge on any atom is -0.365 e. The highest BCUT2D eigenvalue weighted by atomic mass is 32.1. The fourth-order valence-corrected chi connectivity index (χ4v) is 5.54. The van der Waals surface area contributed by atoms with Gasteiger partial charge < -0.3 is 11.1 Å². The second-order valence-electron chi connectivity index (χ2n) is 9.26. The number of hydrogen-bond acceptors (Lipinski definition) is 7. The molecule has 0 unspecified atom stereocenters. The Balaban J connectivity index is 1.50. The van der Waals surface area contributed by atoms with Crippen molar-refractivity contribution in [1.82, 2.24) is 29.4 Å². The number of primary amides is 1. The predicted octanol–water partition coefficient (Wildman–Crippen LogP) is 5.22. The van der Waals surface area contributed by atoms with Crippen LogP contribution in [0.3, 0.4) is 0 Å². The summed E-state index contributed by atoms with van der Waals surface area (Å²) in [4.78, 5) is 33.5. The van der Waals surface area contributed by atoms with Crippen molar-refractivity contribution >= 4 is 44.7 Å². The molecule has 0 saturated carbocycles. The van der Waals surface area contributed by atoms with Crippen LogP contribution in [0.15, 0.2) is 54.9 Å². The lowest BCUT2D eigenvalue weighted by atomic mass is 10.0. The molecule has 10 nitrogen and oxygen atoms in total. The number of nitrogens with one attached hydrogen (secondary N) is 1. The SMILES string of the molecule is Cc1c(-c2ccnc3cc(C(=O)Nc4c(C(N)=O)sc5nc(C(F)(F)F)cc(-c6ccc(F)cc6)c45)nn23)cnn1C. The Kier molecular flexibility index (Phi) is 6.26. The summed E-state index contributed by atoms with van der Waals surface area (Å²) in [5.74, 6) is -2.36. The number of aryl methyl sites for hydroxylation is 1. The maximum Gasteiger partial charge on any atom is 0.433 e. The van der Waals surface area contributed by atoms with Crippen molar-refractivity contribution < 1.29 is 27.2 Å². The van der Waals surface area contributed by atoms with Gasteiger partial charge in [0.1, 0.15) is 21.2 Å². The molecule has 0 aliphatic carbocycles. The van der Waals surface area contributed by atoms with E-state index in [1.807, 2.05) is 6.92 Å². The molecule has 6 aromatic rings. The predicted molar refractivity (Wildman–Crippen MR) is 146 cm³/mol. The van der Waals surface area contributed by atoms with Gasteiger partial charge in [0.15, 0.2) is 11.3 Å². The van der Waals surface area contributed by atoms with Gasteiger partial charge in [0.25, 0.3) is 11.8 Å². The summed E-state index contributed by atoms with van der Waals surface area (Å²) in [6.07, 6.45) is -1.62. The number of alkyl halides is 3. The summed E-state index contributed by atoms with van der Waals surface area (Å²) < 4.78 is 58.1. The molecule has 0 aliphatic rings. The standard InChI is InChI=1S/C27H18F4N8O2S/c1-12-16(11-34-38(12)2)18-7-8-33-20-10-17(37-39(18)20)25(41)36-22-21-15(13-3-5-14(28)6-4-13)9-19(27(29,30)31)35-26(21)42-23(22)24(32)40/h3-11H,1-2H3,(H2,32,40)(H,36,41). The number of amides is 2. The summed E-state index contributed by atoms with van der Waals surface area (Å²) in [5.41, 5.74) is 6.85. The zero-order valence-corrected chi connectivity index (χ0v) is 22.5. The van der Waals surface area contributed by atoms with E-state index >= 15 is 0 Å². The van der Waals surface area contributed by atoms with Crippen molar-refractivity contribution in [3.8, 4) is 22.4 Å². The van der Waals surface area contributed by atoms with E-state index in [0.717, 1.165) is 29.5 Å². The van der Waals surface area contributed by atoms with Crippen molar-refractivity contribution in [2.45, 2.75) is 13.1 Å². The molecule has 5 heterocycles. The Morgan fingerprint density at radius 3 is 2.45 bits per heavy atom. The summed E-state index contributed by atoms with van der Waals surface area (Å²) in [7, 11) is 1.79. The Bertz CT molecular complexity index is 2040. The molecule has 0 fully saturated rings. The monoisotopic (exact) mass is 594 g/mol. The zero-order chi connectivity index (χ0) is 29.9. The first-order chi connectivity index (χ1) is 19.9. The second-order valence-corrected chi connectivity index (χ2v) is 10.3. The van der Waals surface area contributed by atoms with Crippen LogP contribution in [0, 0.1) is 12.7 Å². The van der Waals surface area contributed by atoms with Gasteiger partial charge >= 0.3 is 6.18 Å². The molecule has 1 aromatic carbocycles. The van der Waals surface area contributed by atoms with Crippen LogP contribution in [0.4, 0.5) is 23.2 Å². The maximum atomic E-state index is 13.8. The van der Waals surface area contributed by atoms with Crippen LogP contribution < -0.4 is 11.1 Å². The third-order valence-corrected chi connectivity index (χ3v) is 7.77. The molecule has 15 heteroatoms. The van der Waals surface area contributed by atoms with E-state index in [9.17, 15) is 27.2 Å². The first kappa shape index (κ1) is 27.0. The number of halogens is 4. The van der Waals surface area contributed by atoms with Gasteiger partial charge in [-0.05, 0) is 42.3 Å². The van der Waals surface area contributed by atoms with Crippen LogP contribution >= 0.6 is 11.3 Å². The van der Waals surface area contributed by atoms with E-state index in [1.165, 1.54) is 22.7 Å². The largest absolute Gasteiger partial charge is 0.433 e. The molecule has 2 amide bonds. The van der Waals surface area contributed by atoms with Crippen LogP contribution in [0.5, 0.6) is 0 Å². The third-order valence-electron chi connectivity index (χ3n) is 6.67. The van der Waals surface area contributed by atoms with E-state index in [-0.39, 0.29) is 37.6 Å². The summed E-state index contributed by atoms with van der Waals surface area (Å²) in [6.45, 7) is 1.87. The van der Waals surface area contributed by atoms with Crippen molar-refractivity contribution in [3.05, 3.63) is 82.6 Å². The number of hydrogen-bond donors (Lipinski definition) is 2. The third kappa shape index (κ3) is 4.52. The fourth-order valence-electron chi connectivity index (χ4n) is 4.53. The van der Waals surface area contributed by atoms with E-state index in [0.29, 0.717) is 22.7 Å². The average molecular weight is 595 g/mol. The van der Waals surface area contributed by atoms with Gasteiger partial charge in [0, 0.05) is 36.0 Å². The molecule has 0 bridgehead atoms. The molecule has 0 saturated heterocycles. The van der Waals surface area contributed by atoms with Gasteiger partial charge in [-0.1, -0.05) is 12.1 Å². The summed E-state index contributed by atoms with van der Waals surface area (Å²) >= 11 is 0.598. The Morgan fingerprint density at radius 1 is 1.07 bits per heavy atom. The number of pyridine rings is 1. The lowest BCUT2D eigenvalue weighted by Crippen LogP contribution is -2.17. The highest BCUT2D eigenvalue weighted by molar-refractivity contribution is 7.21. The number of carbonyl (C=O) groups is 2. The van der Waals surface area contributed by atoms with Crippen LogP contribution in [-0.2, 0) is 13.2 Å². The topological polar surface area (TPSA) is 133 Å². The van der Waals surface area contributed by atoms with Crippen LogP contribution in [0.2, 0.25) is 0 Å². The molecule has 0 atom stereocenters. The zero-order valence-electron chi connectivity index (χ0n) is 21.7. The molecule has 212 valence electrons. The van der Waals surface area contributed by atoms with Gasteiger partial charge in [0.05, 0.1) is 17.6 Å². The maximum absolute atomic E-state index is 13.8. The van der Waals surface area contributed by atoms with Crippen molar-refractivity contribution in [1.29, 1.82) is 0 Å². The minimum absolute atomic E-state index is 0.0302. The van der Waals surface area contributed by atoms with Gasteiger partial charge in [0.2, 0.25) is 0 Å². The molecular weight excluding hydrogens is 576 g/mol. The Hall–Kier alpha value is -5.18. The van der Waals surface area contributed by atoms with E-state index in [2.05, 4.69) is 25.5 Å². The number of fused-ring (bicyclic) bond motifs is 2. The Morgan fingerprint density at radius 2 is 1.81 bits per heavy atom. The molecular formula is C27H18F4N8O2S. The Labute approximate surface area is 237 Å². The molecule has 3 N–H and O–H groups in total. The van der Waals surface area contributed by atoms with Gasteiger partial charge in [-0.3, -0.25) is 14.3 Å². The molecule has 42 heavy (non-hydrogen) atoms. The number of thiophene rings is 1. The number of aromatic nitrogens is 6. The smallest absolute Gasteiger partial charge is 0.365 e. The van der Waals surface area contributed by atoms with E-state index in [4.69, 9.17) is 5.73 Å². The lowest BCUT2D eigenvalue weighted by molar-refractivity contribution is -0.140. The van der Waals surface area contributed by atoms with Gasteiger partial charge in [-0.25, -0.2) is 18.9 Å². The first-order valence-electron chi connectivity index (χ1n) is 12.2. The highest BCUT2D eigenvalue weighted by Crippen LogP contribution is 2.43. The number of carbonyl (C=O) groups excluding carboxylic acids is 2. The van der Waals surface area contributed by atoms with Crippen LogP contribution in [0.25, 0.3) is 38.2 Å². The number of nitrogens with two attached hydrogens (primary N) is 1. The average Bonchev–Trinajstić information content (AvgIpc) is 3.64. The minimum atomic E-state index is -4.82. The first-order valence-corrected chi connectivity index (χ1v) is 13.0. The van der Waals surface area contributed by atoms with Crippen molar-refractivity contribution in [2.24, 2.45) is 12.8 Å².